The number of pyridine rings is 1. The Kier molecular flexibility index (Phi) is 4.21. The van der Waals surface area contributed by atoms with Crippen LogP contribution in [0.2, 0.25) is 5.15 Å². The van der Waals surface area contributed by atoms with Crippen LogP contribution >= 0.6 is 11.6 Å². The first-order valence-electron chi connectivity index (χ1n) is 7.14. The van der Waals surface area contributed by atoms with Crippen LogP contribution in [0.25, 0.3) is 11.0 Å². The number of amides is 1. The maximum Gasteiger partial charge on any atom is 0.294 e. The molecule has 2 heterocycles. The van der Waals surface area contributed by atoms with Crippen LogP contribution in [-0.4, -0.2) is 24.5 Å². The van der Waals surface area contributed by atoms with E-state index in [9.17, 15) is 4.79 Å². The van der Waals surface area contributed by atoms with E-state index in [0.29, 0.717) is 23.6 Å². The van der Waals surface area contributed by atoms with Gasteiger partial charge in [-0.3, -0.25) is 4.79 Å². The zero-order chi connectivity index (χ0) is 16.4. The van der Waals surface area contributed by atoms with E-state index in [1.165, 1.54) is 4.90 Å². The molecule has 0 unspecified atom stereocenters. The lowest BCUT2D eigenvalue weighted by molar-refractivity contribution is 0.0963. The molecule has 1 amide bonds. The normalized spacial score (nSPS) is 10.7. The molecule has 0 saturated carbocycles. The number of fused-ring (bicyclic) bond motifs is 1. The molecule has 5 nitrogen and oxygen atoms in total. The van der Waals surface area contributed by atoms with Gasteiger partial charge in [0, 0.05) is 18.8 Å². The summed E-state index contributed by atoms with van der Waals surface area (Å²) in [6.07, 6.45) is 1.58. The second kappa shape index (κ2) is 6.30. The highest BCUT2D eigenvalue weighted by Gasteiger charge is 2.23. The average Bonchev–Trinajstić information content (AvgIpc) is 3.01. The van der Waals surface area contributed by atoms with E-state index in [4.69, 9.17) is 20.8 Å². The fourth-order valence-corrected chi connectivity index (χ4v) is 2.67. The lowest BCUT2D eigenvalue weighted by atomic mass is 10.2. The third-order valence-corrected chi connectivity index (χ3v) is 3.83. The van der Waals surface area contributed by atoms with Crippen molar-refractivity contribution < 1.29 is 13.9 Å². The first-order valence-corrected chi connectivity index (χ1v) is 7.52. The second-order valence-corrected chi connectivity index (χ2v) is 5.20. The molecule has 0 atom stereocenters. The van der Waals surface area contributed by atoms with Gasteiger partial charge in [-0.25, -0.2) is 4.98 Å². The smallest absolute Gasteiger partial charge is 0.294 e. The molecule has 0 spiro atoms. The number of benzene rings is 1. The van der Waals surface area contributed by atoms with E-state index >= 15 is 0 Å². The van der Waals surface area contributed by atoms with Crippen LogP contribution in [0.4, 0.5) is 5.69 Å². The number of carbonyl (C=O) groups is 1. The van der Waals surface area contributed by atoms with Gasteiger partial charge >= 0.3 is 0 Å². The third kappa shape index (κ3) is 2.75. The molecule has 0 bridgehead atoms. The molecule has 0 radical (unpaired) electrons. The van der Waals surface area contributed by atoms with E-state index < -0.39 is 0 Å². The number of carbonyl (C=O) groups excluding carboxylic acids is 1. The Morgan fingerprint density at radius 3 is 2.87 bits per heavy atom. The summed E-state index contributed by atoms with van der Waals surface area (Å²) in [5.74, 6) is 0.611. The zero-order valence-electron chi connectivity index (χ0n) is 12.7. The molecule has 23 heavy (non-hydrogen) atoms. The summed E-state index contributed by atoms with van der Waals surface area (Å²) in [7, 11) is 1.58. The summed E-state index contributed by atoms with van der Waals surface area (Å²) < 4.78 is 11.0. The molecule has 0 aliphatic carbocycles. The van der Waals surface area contributed by atoms with E-state index in [1.54, 1.807) is 37.6 Å². The summed E-state index contributed by atoms with van der Waals surface area (Å²) in [6, 6.07) is 10.6. The number of methoxy groups -OCH3 is 1. The van der Waals surface area contributed by atoms with E-state index in [2.05, 4.69) is 4.98 Å². The Labute approximate surface area is 138 Å². The maximum atomic E-state index is 12.8. The third-order valence-electron chi connectivity index (χ3n) is 3.54. The summed E-state index contributed by atoms with van der Waals surface area (Å²) >= 11 is 6.10. The minimum atomic E-state index is -0.277. The minimum absolute atomic E-state index is 0.228. The lowest BCUT2D eigenvalue weighted by Crippen LogP contribution is -2.30. The number of hydrogen-bond donors (Lipinski definition) is 0. The second-order valence-electron chi connectivity index (χ2n) is 4.85. The molecule has 0 saturated heterocycles. The van der Waals surface area contributed by atoms with E-state index in [1.807, 2.05) is 19.1 Å². The fourth-order valence-electron chi connectivity index (χ4n) is 2.45. The predicted molar refractivity (Wildman–Crippen MR) is 89.4 cm³/mol. The van der Waals surface area contributed by atoms with Crippen LogP contribution in [0.5, 0.6) is 5.75 Å². The number of hydrogen-bond acceptors (Lipinski definition) is 4. The van der Waals surface area contributed by atoms with Gasteiger partial charge in [-0.05, 0) is 31.2 Å². The number of rotatable bonds is 4. The van der Waals surface area contributed by atoms with Gasteiger partial charge in [0.05, 0.1) is 18.2 Å². The molecule has 1 aromatic carbocycles. The van der Waals surface area contributed by atoms with Gasteiger partial charge in [0.2, 0.25) is 0 Å². The lowest BCUT2D eigenvalue weighted by Gasteiger charge is -2.20. The highest BCUT2D eigenvalue weighted by Crippen LogP contribution is 2.30. The monoisotopic (exact) mass is 330 g/mol. The van der Waals surface area contributed by atoms with E-state index in [-0.39, 0.29) is 16.8 Å². The molecule has 118 valence electrons. The van der Waals surface area contributed by atoms with Gasteiger partial charge in [0.25, 0.3) is 5.91 Å². The Morgan fingerprint density at radius 1 is 1.35 bits per heavy atom. The number of nitrogens with zero attached hydrogens (tertiary/aromatic N) is 2. The molecule has 2 aromatic heterocycles. The molecular weight excluding hydrogens is 316 g/mol. The molecule has 6 heteroatoms. The van der Waals surface area contributed by atoms with Crippen LogP contribution in [0.3, 0.4) is 0 Å². The van der Waals surface area contributed by atoms with Crippen molar-refractivity contribution in [2.45, 2.75) is 6.92 Å². The number of halogens is 1. The molecule has 0 aliphatic heterocycles. The van der Waals surface area contributed by atoms with Crippen LogP contribution < -0.4 is 9.64 Å². The summed E-state index contributed by atoms with van der Waals surface area (Å²) in [4.78, 5) is 18.3. The highest BCUT2D eigenvalue weighted by atomic mass is 35.5. The van der Waals surface area contributed by atoms with Crippen molar-refractivity contribution in [3.8, 4) is 5.75 Å². The maximum absolute atomic E-state index is 12.8. The summed E-state index contributed by atoms with van der Waals surface area (Å²) in [5.41, 5.74) is 1.15. The van der Waals surface area contributed by atoms with Gasteiger partial charge in [-0.15, -0.1) is 0 Å². The van der Waals surface area contributed by atoms with Gasteiger partial charge in [0.15, 0.2) is 10.9 Å². The first-order chi connectivity index (χ1) is 11.2. The van der Waals surface area contributed by atoms with Gasteiger partial charge in [-0.1, -0.05) is 17.7 Å². The largest absolute Gasteiger partial charge is 0.496 e. The molecule has 0 aliphatic rings. The fraction of sp³-hybridized carbons (Fsp3) is 0.176. The topological polar surface area (TPSA) is 55.6 Å². The number of anilines is 1. The number of ether oxygens (including phenoxy) is 1. The van der Waals surface area contributed by atoms with Crippen molar-refractivity contribution in [1.29, 1.82) is 0 Å². The van der Waals surface area contributed by atoms with Crippen molar-refractivity contribution in [3.05, 3.63) is 53.5 Å². The van der Waals surface area contributed by atoms with Crippen molar-refractivity contribution >= 4 is 34.2 Å². The van der Waals surface area contributed by atoms with Gasteiger partial charge < -0.3 is 14.1 Å². The van der Waals surface area contributed by atoms with E-state index in [0.717, 1.165) is 5.39 Å². The predicted octanol–water partition coefficient (Wildman–Crippen LogP) is 4.16. The van der Waals surface area contributed by atoms with Crippen molar-refractivity contribution in [1.82, 2.24) is 4.98 Å². The zero-order valence-corrected chi connectivity index (χ0v) is 13.5. The van der Waals surface area contributed by atoms with Crippen LogP contribution in [0.15, 0.2) is 47.0 Å². The first kappa shape index (κ1) is 15.4. The van der Waals surface area contributed by atoms with Gasteiger partial charge in [-0.2, -0.15) is 0 Å². The highest BCUT2D eigenvalue weighted by molar-refractivity contribution is 6.32. The summed E-state index contributed by atoms with van der Waals surface area (Å²) in [5, 5.41) is 1.03. The SMILES string of the molecule is CCN(C(=O)c1cc2c(OC)cccc2o1)c1cccnc1Cl. The van der Waals surface area contributed by atoms with Crippen molar-refractivity contribution in [2.75, 3.05) is 18.6 Å². The molecular formula is C17H15ClN2O3. The molecule has 3 rings (SSSR count). The average molecular weight is 331 g/mol. The van der Waals surface area contributed by atoms with Crippen molar-refractivity contribution in [2.24, 2.45) is 0 Å². The Morgan fingerprint density at radius 2 is 2.17 bits per heavy atom. The Balaban J connectivity index is 2.03. The number of aromatic nitrogens is 1. The Bertz CT molecular complexity index is 860. The number of furan rings is 1. The van der Waals surface area contributed by atoms with Gasteiger partial charge in [0.1, 0.15) is 11.3 Å². The standard InChI is InChI=1S/C17H15ClN2O3/c1-3-20(12-6-5-9-19-16(12)18)17(21)15-10-11-13(22-2)7-4-8-14(11)23-15/h4-10H,3H2,1-2H3. The molecule has 0 fully saturated rings. The minimum Gasteiger partial charge on any atom is -0.496 e. The summed E-state index contributed by atoms with van der Waals surface area (Å²) in [6.45, 7) is 2.31. The Hall–Kier alpha value is -2.53. The quantitative estimate of drug-likeness (QED) is 0.674. The molecule has 3 aromatic rings. The molecule has 0 N–H and O–H groups in total. The van der Waals surface area contributed by atoms with Crippen LogP contribution in [0.1, 0.15) is 17.5 Å². The van der Waals surface area contributed by atoms with Crippen molar-refractivity contribution in [3.63, 3.8) is 0 Å². The van der Waals surface area contributed by atoms with Crippen LogP contribution in [0, 0.1) is 0 Å². The van der Waals surface area contributed by atoms with Crippen LogP contribution in [-0.2, 0) is 0 Å².